The van der Waals surface area contributed by atoms with Gasteiger partial charge in [0.2, 0.25) is 0 Å². The summed E-state index contributed by atoms with van der Waals surface area (Å²) in [6.07, 6.45) is -2.41. The van der Waals surface area contributed by atoms with Gasteiger partial charge < -0.3 is 28.7 Å². The highest BCUT2D eigenvalue weighted by molar-refractivity contribution is 5.86. The van der Waals surface area contributed by atoms with Crippen LogP contribution in [0.15, 0.2) is 51.7 Å². The van der Waals surface area contributed by atoms with Gasteiger partial charge in [-0.15, -0.1) is 10.2 Å². The van der Waals surface area contributed by atoms with Crippen LogP contribution >= 0.6 is 0 Å². The van der Waals surface area contributed by atoms with Crippen LogP contribution in [-0.4, -0.2) is 34.5 Å². The standard InChI is InChI=1S/C27H26F3N3O6/c1-4-5-7-17-21(22-18(36-2)8-6-9-19(22)37-3)24(34)23(25(35)31-17)26-33-32-20(39-26)14-38-16-12-10-15(11-13-16)27(28,29)30/h6,8-13H,4-5,7,14H2,1-3H3,(H2,31,34,35). The van der Waals surface area contributed by atoms with Crippen molar-refractivity contribution in [3.05, 3.63) is 70.0 Å². The molecule has 0 saturated heterocycles. The SMILES string of the molecule is CCCCc1[nH]c(=O)c(-c2nnc(COc3ccc(C(F)(F)F)cc3)o2)c(O)c1-c1c(OC)cccc1OC. The number of hydrogen-bond donors (Lipinski definition) is 2. The second-order valence-electron chi connectivity index (χ2n) is 8.48. The topological polar surface area (TPSA) is 120 Å². The summed E-state index contributed by atoms with van der Waals surface area (Å²) < 4.78 is 60.4. The highest BCUT2D eigenvalue weighted by Gasteiger charge is 2.30. The number of nitrogens with one attached hydrogen (secondary N) is 1. The zero-order chi connectivity index (χ0) is 28.2. The van der Waals surface area contributed by atoms with Gasteiger partial charge in [-0.2, -0.15) is 13.2 Å². The van der Waals surface area contributed by atoms with Crippen molar-refractivity contribution < 1.29 is 36.9 Å². The summed E-state index contributed by atoms with van der Waals surface area (Å²) in [7, 11) is 2.96. The van der Waals surface area contributed by atoms with Gasteiger partial charge in [-0.3, -0.25) is 4.79 Å². The van der Waals surface area contributed by atoms with E-state index in [1.54, 1.807) is 18.2 Å². The number of H-pyrrole nitrogens is 1. The van der Waals surface area contributed by atoms with Crippen LogP contribution in [0.5, 0.6) is 23.0 Å². The van der Waals surface area contributed by atoms with E-state index in [1.165, 1.54) is 26.4 Å². The molecule has 0 spiro atoms. The molecule has 2 aromatic heterocycles. The van der Waals surface area contributed by atoms with E-state index in [-0.39, 0.29) is 29.7 Å². The lowest BCUT2D eigenvalue weighted by atomic mass is 9.96. The van der Waals surface area contributed by atoms with Crippen molar-refractivity contribution in [2.45, 2.75) is 39.0 Å². The first kappa shape index (κ1) is 27.6. The quantitative estimate of drug-likeness (QED) is 0.258. The maximum absolute atomic E-state index is 13.1. The number of pyridine rings is 1. The number of ether oxygens (including phenoxy) is 3. The second-order valence-corrected chi connectivity index (χ2v) is 8.48. The first-order chi connectivity index (χ1) is 18.7. The van der Waals surface area contributed by atoms with Crippen LogP contribution in [-0.2, 0) is 19.2 Å². The van der Waals surface area contributed by atoms with Gasteiger partial charge in [-0.25, -0.2) is 0 Å². The molecule has 12 heteroatoms. The summed E-state index contributed by atoms with van der Waals surface area (Å²) >= 11 is 0. The number of unbranched alkanes of at least 4 members (excludes halogenated alkanes) is 1. The molecule has 0 radical (unpaired) electrons. The minimum Gasteiger partial charge on any atom is -0.506 e. The van der Waals surface area contributed by atoms with Gasteiger partial charge in [-0.05, 0) is 49.2 Å². The van der Waals surface area contributed by atoms with E-state index in [9.17, 15) is 23.1 Å². The maximum Gasteiger partial charge on any atom is 0.416 e. The first-order valence-electron chi connectivity index (χ1n) is 12.0. The van der Waals surface area contributed by atoms with Crippen LogP contribution in [0.2, 0.25) is 0 Å². The number of aromatic amines is 1. The van der Waals surface area contributed by atoms with Crippen LogP contribution < -0.4 is 19.8 Å². The number of aromatic nitrogens is 3. The van der Waals surface area contributed by atoms with Crippen LogP contribution in [0.25, 0.3) is 22.6 Å². The number of rotatable bonds is 10. The summed E-state index contributed by atoms with van der Waals surface area (Å²) in [6, 6.07) is 9.25. The first-order valence-corrected chi connectivity index (χ1v) is 12.0. The van der Waals surface area contributed by atoms with Gasteiger partial charge in [0.05, 0.1) is 30.9 Å². The number of benzene rings is 2. The molecular weight excluding hydrogens is 519 g/mol. The third kappa shape index (κ3) is 5.84. The molecule has 0 bridgehead atoms. The van der Waals surface area contributed by atoms with Crippen LogP contribution in [0.4, 0.5) is 13.2 Å². The van der Waals surface area contributed by atoms with E-state index in [2.05, 4.69) is 15.2 Å². The monoisotopic (exact) mass is 545 g/mol. The van der Waals surface area contributed by atoms with E-state index in [0.717, 1.165) is 25.0 Å². The average molecular weight is 546 g/mol. The molecule has 4 rings (SSSR count). The summed E-state index contributed by atoms with van der Waals surface area (Å²) in [4.78, 5) is 15.9. The summed E-state index contributed by atoms with van der Waals surface area (Å²) in [6.45, 7) is 1.72. The minimum atomic E-state index is -4.46. The molecule has 0 atom stereocenters. The Morgan fingerprint density at radius 2 is 1.64 bits per heavy atom. The number of aromatic hydroxyl groups is 1. The average Bonchev–Trinajstić information content (AvgIpc) is 3.38. The van der Waals surface area contributed by atoms with E-state index < -0.39 is 23.0 Å². The fourth-order valence-electron chi connectivity index (χ4n) is 4.04. The van der Waals surface area contributed by atoms with Gasteiger partial charge in [0, 0.05) is 5.69 Å². The van der Waals surface area contributed by atoms with Gasteiger partial charge >= 0.3 is 6.18 Å². The number of alkyl halides is 3. The maximum atomic E-state index is 13.1. The van der Waals surface area contributed by atoms with Crippen LogP contribution in [0.3, 0.4) is 0 Å². The lowest BCUT2D eigenvalue weighted by molar-refractivity contribution is -0.137. The van der Waals surface area contributed by atoms with Crippen molar-refractivity contribution in [1.29, 1.82) is 0 Å². The highest BCUT2D eigenvalue weighted by Crippen LogP contribution is 2.46. The van der Waals surface area contributed by atoms with Crippen molar-refractivity contribution in [3.8, 4) is 45.6 Å². The number of methoxy groups -OCH3 is 2. The highest BCUT2D eigenvalue weighted by atomic mass is 19.4. The molecular formula is C27H26F3N3O6. The molecule has 9 nitrogen and oxygen atoms in total. The minimum absolute atomic E-state index is 0.0600. The number of halogens is 3. The Hall–Kier alpha value is -4.48. The molecule has 0 unspecified atom stereocenters. The van der Waals surface area contributed by atoms with Gasteiger partial charge in [0.15, 0.2) is 6.61 Å². The van der Waals surface area contributed by atoms with E-state index in [1.807, 2.05) is 6.92 Å². The van der Waals surface area contributed by atoms with Crippen molar-refractivity contribution in [3.63, 3.8) is 0 Å². The molecule has 39 heavy (non-hydrogen) atoms. The normalized spacial score (nSPS) is 11.4. The Labute approximate surface area is 221 Å². The molecule has 0 amide bonds. The fourth-order valence-corrected chi connectivity index (χ4v) is 4.04. The third-order valence-electron chi connectivity index (χ3n) is 5.95. The third-order valence-corrected chi connectivity index (χ3v) is 5.95. The van der Waals surface area contributed by atoms with Crippen molar-refractivity contribution >= 4 is 0 Å². The zero-order valence-corrected chi connectivity index (χ0v) is 21.4. The molecule has 2 aromatic carbocycles. The molecule has 0 fully saturated rings. The number of hydrogen-bond acceptors (Lipinski definition) is 8. The predicted molar refractivity (Wildman–Crippen MR) is 135 cm³/mol. The van der Waals surface area contributed by atoms with Crippen LogP contribution in [0, 0.1) is 0 Å². The Kier molecular flexibility index (Phi) is 8.12. The van der Waals surface area contributed by atoms with Crippen LogP contribution in [0.1, 0.15) is 36.9 Å². The van der Waals surface area contributed by atoms with E-state index in [4.69, 9.17) is 18.6 Å². The van der Waals surface area contributed by atoms with E-state index in [0.29, 0.717) is 34.7 Å². The molecule has 0 aliphatic carbocycles. The van der Waals surface area contributed by atoms with E-state index >= 15 is 0 Å². The number of nitrogens with zero attached hydrogens (tertiary/aromatic N) is 2. The Balaban J connectivity index is 1.71. The summed E-state index contributed by atoms with van der Waals surface area (Å²) in [5.41, 5.74) is -0.491. The Morgan fingerprint density at radius 1 is 0.974 bits per heavy atom. The lowest BCUT2D eigenvalue weighted by Gasteiger charge is -2.18. The van der Waals surface area contributed by atoms with Gasteiger partial charge in [0.25, 0.3) is 17.3 Å². The zero-order valence-electron chi connectivity index (χ0n) is 21.4. The molecule has 2 N–H and O–H groups in total. The summed E-state index contributed by atoms with van der Waals surface area (Å²) in [5.74, 6) is 0.251. The lowest BCUT2D eigenvalue weighted by Crippen LogP contribution is -2.14. The molecule has 0 saturated carbocycles. The van der Waals surface area contributed by atoms with Gasteiger partial charge in [0.1, 0.15) is 28.6 Å². The fraction of sp³-hybridized carbons (Fsp3) is 0.296. The molecule has 0 aliphatic heterocycles. The largest absolute Gasteiger partial charge is 0.506 e. The summed E-state index contributed by atoms with van der Waals surface area (Å²) in [5, 5.41) is 19.2. The predicted octanol–water partition coefficient (Wildman–Crippen LogP) is 5.76. The van der Waals surface area contributed by atoms with Crippen molar-refractivity contribution in [1.82, 2.24) is 15.2 Å². The van der Waals surface area contributed by atoms with Crippen molar-refractivity contribution in [2.24, 2.45) is 0 Å². The van der Waals surface area contributed by atoms with Gasteiger partial charge in [-0.1, -0.05) is 19.4 Å². The van der Waals surface area contributed by atoms with Crippen molar-refractivity contribution in [2.75, 3.05) is 14.2 Å². The smallest absolute Gasteiger partial charge is 0.416 e. The molecule has 4 aromatic rings. The molecule has 2 heterocycles. The molecule has 206 valence electrons. The number of aryl methyl sites for hydroxylation is 1. The second kappa shape index (κ2) is 11.5. The Morgan fingerprint density at radius 3 is 2.23 bits per heavy atom. The Bertz CT molecular complexity index is 1470. The molecule has 0 aliphatic rings.